The number of aromatic nitrogens is 3. The first-order valence-corrected chi connectivity index (χ1v) is 9.51. The van der Waals surface area contributed by atoms with Gasteiger partial charge in [0.1, 0.15) is 0 Å². The highest BCUT2D eigenvalue weighted by atomic mass is 16.2. The Hall–Kier alpha value is -3.13. The summed E-state index contributed by atoms with van der Waals surface area (Å²) in [4.78, 5) is 26.7. The van der Waals surface area contributed by atoms with Gasteiger partial charge in [0.05, 0.1) is 6.54 Å². The molecule has 0 aliphatic heterocycles. The average Bonchev–Trinajstić information content (AvgIpc) is 3.01. The van der Waals surface area contributed by atoms with Crippen molar-refractivity contribution in [1.29, 1.82) is 0 Å². The van der Waals surface area contributed by atoms with Crippen LogP contribution in [0.2, 0.25) is 0 Å². The van der Waals surface area contributed by atoms with Crippen molar-refractivity contribution in [2.24, 2.45) is 0 Å². The van der Waals surface area contributed by atoms with E-state index in [0.29, 0.717) is 24.4 Å². The molecule has 0 fully saturated rings. The third-order valence-electron chi connectivity index (χ3n) is 4.61. The number of nitrogens with zero attached hydrogens (tertiary/aromatic N) is 4. The Morgan fingerprint density at radius 3 is 2.71 bits per heavy atom. The molecule has 148 valence electrons. The van der Waals surface area contributed by atoms with Crippen LogP contribution < -0.4 is 16.3 Å². The number of carbonyl (C=O) groups is 1. The first kappa shape index (κ1) is 19.6. The van der Waals surface area contributed by atoms with Crippen LogP contribution in [0.25, 0.3) is 5.65 Å². The van der Waals surface area contributed by atoms with Gasteiger partial charge in [0, 0.05) is 25.0 Å². The van der Waals surface area contributed by atoms with E-state index in [0.717, 1.165) is 25.2 Å². The predicted octanol–water partition coefficient (Wildman–Crippen LogP) is 2.01. The maximum atomic E-state index is 12.4. The number of benzene rings is 1. The van der Waals surface area contributed by atoms with Gasteiger partial charge in [-0.1, -0.05) is 32.0 Å². The van der Waals surface area contributed by atoms with Crippen LogP contribution in [0.1, 0.15) is 19.4 Å². The third kappa shape index (κ3) is 4.77. The second-order valence-corrected chi connectivity index (χ2v) is 6.48. The number of nitrogens with one attached hydrogen (secondary N) is 2. The van der Waals surface area contributed by atoms with Crippen molar-refractivity contribution in [2.45, 2.75) is 20.4 Å². The van der Waals surface area contributed by atoms with Crippen LogP contribution in [0.5, 0.6) is 0 Å². The highest BCUT2D eigenvalue weighted by Gasteiger charge is 2.08. The maximum absolute atomic E-state index is 12.4. The zero-order chi connectivity index (χ0) is 19.9. The molecule has 0 unspecified atom stereocenters. The highest BCUT2D eigenvalue weighted by Crippen LogP contribution is 2.11. The maximum Gasteiger partial charge on any atom is 0.350 e. The molecule has 0 aliphatic rings. The number of anilines is 1. The summed E-state index contributed by atoms with van der Waals surface area (Å²) in [5, 5.41) is 10.0. The lowest BCUT2D eigenvalue weighted by atomic mass is 10.2. The van der Waals surface area contributed by atoms with Crippen LogP contribution in [0.3, 0.4) is 0 Å². The van der Waals surface area contributed by atoms with E-state index in [1.807, 2.05) is 30.3 Å². The van der Waals surface area contributed by atoms with Crippen molar-refractivity contribution in [3.63, 3.8) is 0 Å². The van der Waals surface area contributed by atoms with E-state index in [1.165, 1.54) is 9.08 Å². The van der Waals surface area contributed by atoms with Crippen LogP contribution in [-0.2, 0) is 6.54 Å². The first-order valence-electron chi connectivity index (χ1n) is 9.51. The van der Waals surface area contributed by atoms with Crippen molar-refractivity contribution < 1.29 is 4.79 Å². The molecule has 0 spiro atoms. The van der Waals surface area contributed by atoms with Crippen molar-refractivity contribution in [3.8, 4) is 0 Å². The lowest BCUT2D eigenvalue weighted by Crippen LogP contribution is -2.36. The van der Waals surface area contributed by atoms with Gasteiger partial charge in [-0.05, 0) is 42.9 Å². The van der Waals surface area contributed by atoms with Crippen molar-refractivity contribution in [3.05, 3.63) is 64.7 Å². The minimum Gasteiger partial charge on any atom is -0.337 e. The van der Waals surface area contributed by atoms with Gasteiger partial charge in [-0.3, -0.25) is 4.40 Å². The van der Waals surface area contributed by atoms with E-state index in [4.69, 9.17) is 0 Å². The van der Waals surface area contributed by atoms with E-state index in [9.17, 15) is 9.59 Å². The largest absolute Gasteiger partial charge is 0.350 e. The van der Waals surface area contributed by atoms with E-state index in [2.05, 4.69) is 34.5 Å². The number of fused-ring (bicyclic) bond motifs is 1. The van der Waals surface area contributed by atoms with Crippen molar-refractivity contribution >= 4 is 17.4 Å². The molecule has 0 bridgehead atoms. The van der Waals surface area contributed by atoms with Gasteiger partial charge in [0.15, 0.2) is 5.65 Å². The van der Waals surface area contributed by atoms with Crippen LogP contribution in [0.15, 0.2) is 53.5 Å². The topological polar surface area (TPSA) is 83.7 Å². The minimum atomic E-state index is -0.241. The molecule has 0 saturated heterocycles. The molecule has 1 aromatic carbocycles. The van der Waals surface area contributed by atoms with E-state index in [-0.39, 0.29) is 11.7 Å². The molecular weight excluding hydrogens is 356 g/mol. The summed E-state index contributed by atoms with van der Waals surface area (Å²) >= 11 is 0. The van der Waals surface area contributed by atoms with Crippen LogP contribution in [0, 0.1) is 0 Å². The summed E-state index contributed by atoms with van der Waals surface area (Å²) in [6, 6.07) is 12.6. The fourth-order valence-corrected chi connectivity index (χ4v) is 3.03. The Kier molecular flexibility index (Phi) is 6.44. The second-order valence-electron chi connectivity index (χ2n) is 6.48. The van der Waals surface area contributed by atoms with Gasteiger partial charge < -0.3 is 15.5 Å². The quantitative estimate of drug-likeness (QED) is 0.624. The van der Waals surface area contributed by atoms with E-state index < -0.39 is 0 Å². The van der Waals surface area contributed by atoms with Crippen LogP contribution >= 0.6 is 0 Å². The molecule has 3 aromatic rings. The number of rotatable bonds is 8. The number of amides is 2. The molecule has 2 heterocycles. The Labute approximate surface area is 163 Å². The number of likely N-dealkylation sites (N-methyl/N-ethyl adjacent to an activating group) is 1. The Bertz CT molecular complexity index is 990. The Morgan fingerprint density at radius 1 is 1.14 bits per heavy atom. The van der Waals surface area contributed by atoms with Gasteiger partial charge >= 0.3 is 11.7 Å². The number of hydrogen-bond donors (Lipinski definition) is 2. The molecule has 28 heavy (non-hydrogen) atoms. The molecule has 0 aliphatic carbocycles. The fraction of sp³-hybridized carbons (Fsp3) is 0.350. The minimum absolute atomic E-state index is 0.192. The van der Waals surface area contributed by atoms with E-state index in [1.54, 1.807) is 18.3 Å². The standard InChI is InChI=1S/C20H26N6O2/c1-3-24(4-2)13-11-21-19(27)22-17-9-7-8-16(14-17)15-26-20(28)25-12-6-5-10-18(25)23-26/h5-10,12,14H,3-4,11,13,15H2,1-2H3,(H2,21,22,27). The van der Waals surface area contributed by atoms with E-state index >= 15 is 0 Å². The molecular formula is C20H26N6O2. The van der Waals surface area contributed by atoms with Gasteiger partial charge in [-0.15, -0.1) is 5.10 Å². The number of carbonyl (C=O) groups excluding carboxylic acids is 1. The number of hydrogen-bond acceptors (Lipinski definition) is 4. The summed E-state index contributed by atoms with van der Waals surface area (Å²) in [6.45, 7) is 7.86. The Morgan fingerprint density at radius 2 is 1.96 bits per heavy atom. The summed E-state index contributed by atoms with van der Waals surface area (Å²) in [5.41, 5.74) is 1.97. The molecule has 2 N–H and O–H groups in total. The van der Waals surface area contributed by atoms with Gasteiger partial charge in [0.2, 0.25) is 0 Å². The SMILES string of the molecule is CCN(CC)CCNC(=O)Nc1cccc(Cn2nc3ccccn3c2=O)c1. The Balaban J connectivity index is 1.61. The molecule has 0 saturated carbocycles. The molecule has 8 nitrogen and oxygen atoms in total. The molecule has 2 amide bonds. The highest BCUT2D eigenvalue weighted by molar-refractivity contribution is 5.89. The average molecular weight is 382 g/mol. The zero-order valence-corrected chi connectivity index (χ0v) is 16.3. The predicted molar refractivity (Wildman–Crippen MR) is 110 cm³/mol. The summed E-state index contributed by atoms with van der Waals surface area (Å²) in [5.74, 6) is 0. The van der Waals surface area contributed by atoms with Crippen LogP contribution in [0.4, 0.5) is 10.5 Å². The summed E-state index contributed by atoms with van der Waals surface area (Å²) in [6.07, 6.45) is 1.70. The molecule has 3 rings (SSSR count). The molecule has 2 aromatic heterocycles. The number of urea groups is 1. The first-order chi connectivity index (χ1) is 13.6. The fourth-order valence-electron chi connectivity index (χ4n) is 3.03. The van der Waals surface area contributed by atoms with Gasteiger partial charge in [0.25, 0.3) is 0 Å². The number of pyridine rings is 1. The van der Waals surface area contributed by atoms with Gasteiger partial charge in [-0.25, -0.2) is 14.3 Å². The van der Waals surface area contributed by atoms with Gasteiger partial charge in [-0.2, -0.15) is 0 Å². The molecule has 8 heteroatoms. The molecule has 0 radical (unpaired) electrons. The third-order valence-corrected chi connectivity index (χ3v) is 4.61. The summed E-state index contributed by atoms with van der Waals surface area (Å²) < 4.78 is 2.92. The smallest absolute Gasteiger partial charge is 0.337 e. The lowest BCUT2D eigenvalue weighted by Gasteiger charge is -2.18. The summed E-state index contributed by atoms with van der Waals surface area (Å²) in [7, 11) is 0. The zero-order valence-electron chi connectivity index (χ0n) is 16.3. The van der Waals surface area contributed by atoms with Crippen LogP contribution in [-0.4, -0.2) is 51.3 Å². The monoisotopic (exact) mass is 382 g/mol. The normalized spacial score (nSPS) is 11.1. The van der Waals surface area contributed by atoms with Crippen molar-refractivity contribution in [2.75, 3.05) is 31.5 Å². The molecule has 0 atom stereocenters. The second kappa shape index (κ2) is 9.18. The van der Waals surface area contributed by atoms with Crippen molar-refractivity contribution in [1.82, 2.24) is 24.4 Å². The lowest BCUT2D eigenvalue weighted by molar-refractivity contribution is 0.248.